The first kappa shape index (κ1) is 47.2. The molecule has 8 N–H and O–H groups in total. The molecule has 17 aliphatic rings. The zero-order chi connectivity index (χ0) is 41.5. The molecule has 14 bridgehead atoms. The maximum atomic E-state index is 5.46. The maximum Gasteiger partial charge on any atom is 0.00749 e. The van der Waals surface area contributed by atoms with Crippen LogP contribution in [0.25, 0.3) is 0 Å². The highest BCUT2D eigenvalue weighted by Crippen LogP contribution is 2.44. The predicted octanol–water partition coefficient (Wildman–Crippen LogP) is 9.83. The smallest absolute Gasteiger partial charge is 0.00749 e. The fourth-order valence-corrected chi connectivity index (χ4v) is 15.4. The van der Waals surface area contributed by atoms with E-state index in [0.29, 0.717) is 0 Å². The summed E-state index contributed by atoms with van der Waals surface area (Å²) in [6.45, 7) is 8.69. The number of rotatable bonds is 2. The van der Waals surface area contributed by atoms with E-state index in [-0.39, 0.29) is 0 Å². The first-order chi connectivity index (χ1) is 30.1. The van der Waals surface area contributed by atoms with E-state index in [0.717, 1.165) is 96.1 Å². The Hall–Kier alpha value is -0.280. The molecule has 6 unspecified atom stereocenters. The van der Waals surface area contributed by atoms with Crippen LogP contribution in [0.4, 0.5) is 0 Å². The van der Waals surface area contributed by atoms with E-state index >= 15 is 0 Å². The van der Waals surface area contributed by atoms with Crippen molar-refractivity contribution in [3.63, 3.8) is 0 Å². The van der Waals surface area contributed by atoms with E-state index in [1.54, 1.807) is 6.42 Å². The van der Waals surface area contributed by atoms with Crippen molar-refractivity contribution in [3.05, 3.63) is 0 Å². The van der Waals surface area contributed by atoms with Crippen LogP contribution in [0.3, 0.4) is 0 Å². The summed E-state index contributed by atoms with van der Waals surface area (Å²) < 4.78 is 0. The Kier molecular flexibility index (Phi) is 19.8. The molecule has 0 aromatic rings. The summed E-state index contributed by atoms with van der Waals surface area (Å²) >= 11 is 0. The van der Waals surface area contributed by atoms with Crippen molar-refractivity contribution in [2.75, 3.05) is 45.8 Å². The molecule has 17 rings (SSSR count). The van der Waals surface area contributed by atoms with Crippen LogP contribution < -0.4 is 37.6 Å². The normalized spacial score (nSPS) is 43.0. The van der Waals surface area contributed by atoms with Gasteiger partial charge in [-0.1, -0.05) is 38.5 Å². The predicted molar refractivity (Wildman–Crippen MR) is 259 cm³/mol. The Morgan fingerprint density at radius 1 is 0.311 bits per heavy atom. The van der Waals surface area contributed by atoms with E-state index in [9.17, 15) is 0 Å². The Morgan fingerprint density at radius 2 is 0.770 bits per heavy atom. The molecule has 7 heteroatoms. The average molecular weight is 848 g/mol. The Labute approximate surface area is 377 Å². The third kappa shape index (κ3) is 15.9. The Morgan fingerprint density at radius 3 is 1.23 bits per heavy atom. The lowest BCUT2D eigenvalue weighted by atomic mass is 9.65. The number of nitrogens with one attached hydrogen (secondary N) is 6. The van der Waals surface area contributed by atoms with Crippen molar-refractivity contribution in [3.8, 4) is 0 Å². The summed E-state index contributed by atoms with van der Waals surface area (Å²) in [5, 5.41) is 21.3. The average Bonchev–Trinajstić information content (AvgIpc) is 3.77. The summed E-state index contributed by atoms with van der Waals surface area (Å²) in [6, 6.07) is 5.48. The van der Waals surface area contributed by atoms with E-state index in [1.807, 2.05) is 0 Å². The molecular weight excluding hydrogens is 747 g/mol. The number of nitrogens with two attached hydrogens (primary N) is 1. The molecule has 7 nitrogen and oxygen atoms in total. The second-order valence-corrected chi connectivity index (χ2v) is 23.9. The van der Waals surface area contributed by atoms with E-state index < -0.39 is 0 Å². The highest BCUT2D eigenvalue weighted by Gasteiger charge is 2.41. The molecule has 9 saturated heterocycles. The number of hydrogen-bond donors (Lipinski definition) is 7. The molecular formula is C54H101N7. The highest BCUT2D eigenvalue weighted by atomic mass is 15.0. The molecule has 9 heterocycles. The molecule has 6 atom stereocenters. The molecule has 0 aromatic carbocycles. The van der Waals surface area contributed by atoms with E-state index in [4.69, 9.17) is 5.73 Å². The first-order valence-corrected chi connectivity index (χ1v) is 28.2. The van der Waals surface area contributed by atoms with Crippen LogP contribution in [0.2, 0.25) is 0 Å². The molecule has 8 saturated carbocycles. The van der Waals surface area contributed by atoms with Gasteiger partial charge in [-0.2, -0.15) is 0 Å². The van der Waals surface area contributed by atoms with Gasteiger partial charge in [-0.15, -0.1) is 0 Å². The van der Waals surface area contributed by atoms with Crippen LogP contribution in [0.1, 0.15) is 205 Å². The Balaban J connectivity index is 0.0000000985. The minimum Gasteiger partial charge on any atom is -0.330 e. The van der Waals surface area contributed by atoms with Gasteiger partial charge in [-0.3, -0.25) is 0 Å². The summed E-state index contributed by atoms with van der Waals surface area (Å²) in [7, 11) is 0. The minimum atomic E-state index is 0.892. The topological polar surface area (TPSA) is 98.2 Å². The minimum absolute atomic E-state index is 0.892. The molecule has 0 spiro atoms. The van der Waals surface area contributed by atoms with Crippen molar-refractivity contribution in [2.24, 2.45) is 59.0 Å². The van der Waals surface area contributed by atoms with Crippen molar-refractivity contribution in [1.29, 1.82) is 0 Å². The van der Waals surface area contributed by atoms with E-state index in [2.05, 4.69) is 31.9 Å². The quantitative estimate of drug-likeness (QED) is 0.149. The van der Waals surface area contributed by atoms with Gasteiger partial charge in [0.1, 0.15) is 0 Å². The summed E-state index contributed by atoms with van der Waals surface area (Å²) in [4.78, 5) is 0. The van der Waals surface area contributed by atoms with Gasteiger partial charge >= 0.3 is 0 Å². The highest BCUT2D eigenvalue weighted by molar-refractivity contribution is 4.98. The van der Waals surface area contributed by atoms with E-state index in [1.165, 1.54) is 238 Å². The lowest BCUT2D eigenvalue weighted by Gasteiger charge is -2.50. The van der Waals surface area contributed by atoms with Gasteiger partial charge in [0.2, 0.25) is 0 Å². The van der Waals surface area contributed by atoms with Gasteiger partial charge in [-0.25, -0.2) is 0 Å². The molecule has 0 aromatic heterocycles. The molecule has 352 valence electrons. The molecule has 61 heavy (non-hydrogen) atoms. The van der Waals surface area contributed by atoms with Crippen molar-refractivity contribution < 1.29 is 0 Å². The Bertz CT molecular complexity index is 1010. The van der Waals surface area contributed by atoms with Crippen LogP contribution in [-0.2, 0) is 0 Å². The van der Waals surface area contributed by atoms with Gasteiger partial charge in [0.15, 0.2) is 0 Å². The van der Waals surface area contributed by atoms with Crippen molar-refractivity contribution in [2.45, 2.75) is 242 Å². The summed E-state index contributed by atoms with van der Waals surface area (Å²) in [6.07, 6.45) is 47.0. The third-order valence-electron chi connectivity index (χ3n) is 19.1. The second-order valence-electron chi connectivity index (χ2n) is 23.9. The number of fused-ring (bicyclic) bond motifs is 14. The van der Waals surface area contributed by atoms with Gasteiger partial charge in [0.05, 0.1) is 0 Å². The maximum absolute atomic E-state index is 5.46. The van der Waals surface area contributed by atoms with Crippen molar-refractivity contribution in [1.82, 2.24) is 31.9 Å². The number of hydrogen-bond acceptors (Lipinski definition) is 7. The van der Waals surface area contributed by atoms with Crippen LogP contribution >= 0.6 is 0 Å². The van der Waals surface area contributed by atoms with Crippen LogP contribution in [0.15, 0.2) is 0 Å². The van der Waals surface area contributed by atoms with Gasteiger partial charge in [-0.05, 0) is 266 Å². The first-order valence-electron chi connectivity index (χ1n) is 28.2. The fourth-order valence-electron chi connectivity index (χ4n) is 15.4. The van der Waals surface area contributed by atoms with Crippen LogP contribution in [0, 0.1) is 53.3 Å². The molecule has 17 fully saturated rings. The molecule has 0 radical (unpaired) electrons. The zero-order valence-electron chi connectivity index (χ0n) is 39.8. The van der Waals surface area contributed by atoms with Crippen molar-refractivity contribution >= 4 is 0 Å². The molecule has 8 aliphatic carbocycles. The fraction of sp³-hybridized carbons (Fsp3) is 1.00. The van der Waals surface area contributed by atoms with Crippen LogP contribution in [0.5, 0.6) is 0 Å². The second kappa shape index (κ2) is 25.6. The lowest BCUT2D eigenvalue weighted by molar-refractivity contribution is 0.0604. The summed E-state index contributed by atoms with van der Waals surface area (Å²) in [5.41, 5.74) is 5.46. The van der Waals surface area contributed by atoms with Crippen LogP contribution in [-0.4, -0.2) is 82.1 Å². The molecule has 0 amide bonds. The largest absolute Gasteiger partial charge is 0.330 e. The lowest BCUT2D eigenvalue weighted by Crippen LogP contribution is -2.55. The van der Waals surface area contributed by atoms with Gasteiger partial charge in [0.25, 0.3) is 0 Å². The SMILES string of the molecule is C1C2CC3CC1CC(C2)N3.C1CC2CC1CN2.C1CC2CCC(C1)CNC2.C1CC2CCC(C2)N1.C1CC2CCC(CC2)N1.C1CC2CCC1CN2.NCCC1CCCCC1. The standard InChI is InChI=1S/C9H15N.C9H17N.C8H15N.C8H17N.2C7H13N.C6H11N/c1-6-2-8-4-7(1)5-9(3-6)10-8;1-2-8-4-5-9(3-1)7-10-6-8;1-3-8-4-2-7(1)5-6-9-8;9-7-6-8-4-2-1-3-5-8;1-3-7-4-2-6(1)5-8-7;1-2-7-5-6(1)3-4-8-7;1-2-6-3-5(1)4-7-6/h6-10H,1-5H2;8-10H,1-7H2;7-9H,1-6H2;8H,1-7,9H2;2*6-8H,1-5H2;5-7H,1-4H2. The summed E-state index contributed by atoms with van der Waals surface area (Å²) in [5.74, 6) is 9.53. The number of piperidine rings is 6. The molecule has 9 aliphatic heterocycles. The zero-order valence-corrected chi connectivity index (χ0v) is 39.8. The van der Waals surface area contributed by atoms with Gasteiger partial charge in [0, 0.05) is 36.3 Å². The monoisotopic (exact) mass is 848 g/mol. The third-order valence-corrected chi connectivity index (χ3v) is 19.1. The van der Waals surface area contributed by atoms with Gasteiger partial charge < -0.3 is 37.6 Å².